The standard InChI is InChI=1S/2C28H32O16.C28H32O15/c2*1-9-4-10(2-3-12(9)32)24-25(20(36)17-13(33)5-11(31)6-14(17)40-24)43-28-26(22(38)19(35)16(8-30)42-28)44-27-23(39)21(37)18(34)15(7-29)41-27;1-9-5-11(3-4-13(9)31)24-25(20(35)17-14(32)6-12(30)7-15(17)40-24)42-28-26(22(37)19(34)16(8-29)41-28)43-27-23(38)21(36)18(33)10(2)39-27/h2*2-6,15-16,18-19,21-23,26-35,37-39H,7-8H2,1H3;3-7,10,16,18-19,21-23,26-34,36-38H,8H2,1-2H3/t15?,16?,18-,19+,21-,22-,23?,26?,27+,28+;15?,16?,18-,19-,21-,22-,23?,26?,27+,28+;10?,16?,18-,19-,21-,22+,23?,26?,27-,28-/m110/s1. The number of rotatable bonds is 20. The summed E-state index contributed by atoms with van der Waals surface area (Å²) in [5, 5.41) is 296. The van der Waals surface area contributed by atoms with Gasteiger partial charge in [-0.1, -0.05) is 0 Å². The van der Waals surface area contributed by atoms with Crippen molar-refractivity contribution in [3.63, 3.8) is 0 Å². The first-order valence-corrected chi connectivity index (χ1v) is 40.2. The third-order valence-corrected chi connectivity index (χ3v) is 22.7. The highest BCUT2D eigenvalue weighted by Crippen LogP contribution is 2.45. The molecular weight excluding hydrogens is 1760 g/mol. The van der Waals surface area contributed by atoms with Crippen molar-refractivity contribution in [2.45, 2.75) is 212 Å². The fraction of sp³-hybridized carbons (Fsp3) is 0.464. The second kappa shape index (κ2) is 40.1. The van der Waals surface area contributed by atoms with Crippen molar-refractivity contribution in [2.75, 3.05) is 33.0 Å². The van der Waals surface area contributed by atoms with Crippen molar-refractivity contribution in [3.05, 3.63) is 138 Å². The highest BCUT2D eigenvalue weighted by Gasteiger charge is 2.56. The Morgan fingerprint density at radius 3 is 0.763 bits per heavy atom. The molecule has 9 heterocycles. The molecule has 9 aromatic rings. The van der Waals surface area contributed by atoms with Crippen LogP contribution >= 0.6 is 0 Å². The topological polar surface area (TPSA) is 788 Å². The molecule has 6 aliphatic rings. The second-order valence-corrected chi connectivity index (χ2v) is 31.6. The van der Waals surface area contributed by atoms with Crippen LogP contribution in [-0.4, -0.2) is 365 Å². The van der Waals surface area contributed by atoms with Crippen LogP contribution in [-0.2, 0) is 42.6 Å². The molecule has 6 aliphatic heterocycles. The van der Waals surface area contributed by atoms with Gasteiger partial charge in [0.05, 0.1) is 39.1 Å². The maximum atomic E-state index is 13.8. The summed E-state index contributed by atoms with van der Waals surface area (Å²) in [5.74, 6) is -6.15. The molecule has 3 aromatic heterocycles. The van der Waals surface area contributed by atoms with Crippen molar-refractivity contribution < 1.29 is 218 Å². The molecule has 0 radical (unpaired) electrons. The van der Waals surface area contributed by atoms with Gasteiger partial charge in [-0.05, 0) is 99.0 Å². The molecule has 47 heteroatoms. The van der Waals surface area contributed by atoms with E-state index in [1.54, 1.807) is 20.8 Å². The van der Waals surface area contributed by atoms with Crippen molar-refractivity contribution in [3.8, 4) is 103 Å². The number of aliphatic hydroxyl groups excluding tert-OH is 20. The Morgan fingerprint density at radius 1 is 0.275 bits per heavy atom. The largest absolute Gasteiger partial charge is 0.508 e. The van der Waals surface area contributed by atoms with E-state index in [1.165, 1.54) is 61.5 Å². The van der Waals surface area contributed by atoms with Gasteiger partial charge in [0.25, 0.3) is 0 Å². The highest BCUT2D eigenvalue weighted by molar-refractivity contribution is 5.91. The second-order valence-electron chi connectivity index (χ2n) is 31.6. The van der Waals surface area contributed by atoms with E-state index in [1.807, 2.05) is 0 Å². The summed E-state index contributed by atoms with van der Waals surface area (Å²) in [5.41, 5.74) is -1.96. The Balaban J connectivity index is 0.000000167. The van der Waals surface area contributed by atoms with Crippen molar-refractivity contribution in [2.24, 2.45) is 0 Å². The third-order valence-electron chi connectivity index (χ3n) is 22.7. The number of ether oxygens (including phenoxy) is 12. The van der Waals surface area contributed by atoms with Gasteiger partial charge in [0, 0.05) is 53.1 Å². The summed E-state index contributed by atoms with van der Waals surface area (Å²) >= 11 is 0. The van der Waals surface area contributed by atoms with Gasteiger partial charge in [-0.15, -0.1) is 0 Å². The van der Waals surface area contributed by atoms with E-state index in [-0.39, 0.29) is 68.0 Å². The molecule has 29 N–H and O–H groups in total. The van der Waals surface area contributed by atoms with Crippen LogP contribution in [0.4, 0.5) is 0 Å². The number of phenols is 9. The van der Waals surface area contributed by atoms with Gasteiger partial charge in [-0.25, -0.2) is 0 Å². The first kappa shape index (κ1) is 97.9. The Labute approximate surface area is 734 Å². The lowest BCUT2D eigenvalue weighted by molar-refractivity contribution is -0.358. The summed E-state index contributed by atoms with van der Waals surface area (Å²) in [6.45, 7) is 2.05. The van der Waals surface area contributed by atoms with Crippen LogP contribution in [0.3, 0.4) is 0 Å². The van der Waals surface area contributed by atoms with Gasteiger partial charge >= 0.3 is 0 Å². The summed E-state index contributed by atoms with van der Waals surface area (Å²) < 4.78 is 85.5. The summed E-state index contributed by atoms with van der Waals surface area (Å²) in [7, 11) is 0. The van der Waals surface area contributed by atoms with Crippen LogP contribution < -0.4 is 30.5 Å². The Bertz CT molecular complexity index is 5510. The van der Waals surface area contributed by atoms with Gasteiger partial charge in [0.15, 0.2) is 54.5 Å². The molecule has 0 bridgehead atoms. The van der Waals surface area contributed by atoms with E-state index < -0.39 is 301 Å². The molecule has 0 amide bonds. The quantitative estimate of drug-likeness (QED) is 0.0339. The summed E-state index contributed by atoms with van der Waals surface area (Å²) in [6, 6.07) is 18.3. The number of hydrogen-bond donors (Lipinski definition) is 29. The first-order valence-electron chi connectivity index (χ1n) is 40.2. The van der Waals surface area contributed by atoms with Crippen LogP contribution in [0.2, 0.25) is 0 Å². The van der Waals surface area contributed by atoms with Gasteiger partial charge in [0.2, 0.25) is 52.4 Å². The molecule has 714 valence electrons. The molecule has 6 aromatic carbocycles. The number of fused-ring (bicyclic) bond motifs is 3. The predicted molar refractivity (Wildman–Crippen MR) is 433 cm³/mol. The smallest absolute Gasteiger partial charge is 0.239 e. The average molecular weight is 1860 g/mol. The fourth-order valence-electron chi connectivity index (χ4n) is 15.3. The fourth-order valence-corrected chi connectivity index (χ4v) is 15.3. The zero-order valence-corrected chi connectivity index (χ0v) is 68.8. The van der Waals surface area contributed by atoms with E-state index in [2.05, 4.69) is 0 Å². The van der Waals surface area contributed by atoms with Gasteiger partial charge in [0.1, 0.15) is 207 Å². The minimum atomic E-state index is -1.93. The predicted octanol–water partition coefficient (Wildman–Crippen LogP) is -5.31. The molecule has 131 heavy (non-hydrogen) atoms. The molecule has 30 atom stereocenters. The van der Waals surface area contributed by atoms with Gasteiger partial charge < -0.3 is 218 Å². The van der Waals surface area contributed by atoms with E-state index in [0.717, 1.165) is 36.4 Å². The normalized spacial score (nSPS) is 32.7. The monoisotopic (exact) mass is 1860 g/mol. The Morgan fingerprint density at radius 2 is 0.511 bits per heavy atom. The van der Waals surface area contributed by atoms with E-state index in [0.29, 0.717) is 16.7 Å². The maximum absolute atomic E-state index is 13.8. The zero-order chi connectivity index (χ0) is 95.4. The number of aryl methyl sites for hydroxylation is 3. The Hall–Kier alpha value is -10.6. The number of aliphatic hydroxyl groups is 20. The number of hydrogen-bond acceptors (Lipinski definition) is 47. The minimum absolute atomic E-state index is 0.0656. The van der Waals surface area contributed by atoms with E-state index in [4.69, 9.17) is 70.1 Å². The molecule has 0 spiro atoms. The number of benzene rings is 6. The molecule has 47 nitrogen and oxygen atoms in total. The molecular formula is C84H96O47. The lowest BCUT2D eigenvalue weighted by atomic mass is 9.97. The SMILES string of the molecule is Cc1cc(-c2oc3cc(O)cc(O)c3c(=O)c2O[C@@H]2OC(CO)[C@@H](O)[C@@H](O)C2O[C@@H]2OC(CO)[C@@H](O)[C@@H](O)C2O)ccc1O.Cc1cc(-c2oc3cc(O)cc(O)c3c(=O)c2O[C@@H]2OC(CO)[C@H](O)[C@@H](O)C2O[C@@H]2OC(C)[C@H](O)[C@H](O)C2O)ccc1O.Cc1cc(-c2oc3cc(O)cc(O)c3c(=O)c2O[C@@H]2OC(CO)[C@H](O)[C@@H](O)C2O[C@@H]2OC(CO)[C@@H](O)[C@@H](O)C2O)ccc1O. The van der Waals surface area contributed by atoms with Gasteiger partial charge in [-0.3, -0.25) is 14.4 Å². The lowest BCUT2D eigenvalue weighted by Gasteiger charge is -2.45. The minimum Gasteiger partial charge on any atom is -0.508 e. The van der Waals surface area contributed by atoms with Crippen LogP contribution in [0.5, 0.6) is 69.0 Å². The van der Waals surface area contributed by atoms with Crippen LogP contribution in [0.25, 0.3) is 66.9 Å². The number of phenolic OH excluding ortho intramolecular Hbond substituents is 9. The third kappa shape index (κ3) is 19.5. The van der Waals surface area contributed by atoms with Crippen molar-refractivity contribution in [1.82, 2.24) is 0 Å². The molecule has 6 saturated heterocycles. The van der Waals surface area contributed by atoms with Crippen LogP contribution in [0.1, 0.15) is 23.6 Å². The lowest BCUT2D eigenvalue weighted by Crippen LogP contribution is -2.65. The van der Waals surface area contributed by atoms with Crippen LogP contribution in [0.15, 0.2) is 119 Å². The number of aromatic hydroxyl groups is 9. The molecule has 0 aliphatic carbocycles. The molecule has 15 rings (SSSR count). The van der Waals surface area contributed by atoms with E-state index in [9.17, 15) is 162 Å². The highest BCUT2D eigenvalue weighted by atomic mass is 16.8. The molecule has 12 unspecified atom stereocenters. The van der Waals surface area contributed by atoms with Gasteiger partial charge in [-0.2, -0.15) is 0 Å². The van der Waals surface area contributed by atoms with E-state index >= 15 is 0 Å². The molecule has 0 saturated carbocycles. The first-order chi connectivity index (χ1) is 62.0. The molecule has 6 fully saturated rings. The van der Waals surface area contributed by atoms with Crippen molar-refractivity contribution >= 4 is 32.9 Å². The maximum Gasteiger partial charge on any atom is 0.239 e. The van der Waals surface area contributed by atoms with Crippen molar-refractivity contribution in [1.29, 1.82) is 0 Å². The summed E-state index contributed by atoms with van der Waals surface area (Å²) in [4.78, 5) is 41.4. The summed E-state index contributed by atoms with van der Waals surface area (Å²) in [6.07, 6.45) is -51.7. The average Bonchev–Trinajstić information content (AvgIpc) is 0.776. The Kier molecular flexibility index (Phi) is 29.9. The van der Waals surface area contributed by atoms with Crippen LogP contribution in [0, 0.1) is 20.8 Å². The zero-order valence-electron chi connectivity index (χ0n) is 68.8.